The van der Waals surface area contributed by atoms with E-state index in [2.05, 4.69) is 48.3 Å². The Balaban J connectivity index is 1.54. The number of nitrogens with one attached hydrogen (secondary N) is 1. The predicted molar refractivity (Wildman–Crippen MR) is 90.8 cm³/mol. The minimum absolute atomic E-state index is 0.466. The number of benzene rings is 1. The molecule has 3 rings (SSSR count). The minimum atomic E-state index is 0.466. The average molecular weight is 286 g/mol. The summed E-state index contributed by atoms with van der Waals surface area (Å²) in [4.78, 5) is 2.53. The van der Waals surface area contributed by atoms with Crippen LogP contribution in [0, 0.1) is 5.41 Å². The zero-order valence-electron chi connectivity index (χ0n) is 13.7. The quantitative estimate of drug-likeness (QED) is 0.885. The van der Waals surface area contributed by atoms with E-state index >= 15 is 0 Å². The highest BCUT2D eigenvalue weighted by Gasteiger charge is 2.33. The number of hydrogen-bond donors (Lipinski definition) is 1. The fourth-order valence-corrected chi connectivity index (χ4v) is 3.92. The van der Waals surface area contributed by atoms with Crippen LogP contribution >= 0.6 is 0 Å². The third kappa shape index (κ3) is 3.60. The van der Waals surface area contributed by atoms with E-state index < -0.39 is 0 Å². The fraction of sp³-hybridized carbons (Fsp3) is 0.684. The highest BCUT2D eigenvalue weighted by molar-refractivity contribution is 5.47. The fourth-order valence-electron chi connectivity index (χ4n) is 3.92. The summed E-state index contributed by atoms with van der Waals surface area (Å²) in [7, 11) is 0. The van der Waals surface area contributed by atoms with Crippen LogP contribution in [0.15, 0.2) is 24.3 Å². The Morgan fingerprint density at radius 3 is 2.38 bits per heavy atom. The molecule has 1 aromatic carbocycles. The summed E-state index contributed by atoms with van der Waals surface area (Å²) >= 11 is 0. The van der Waals surface area contributed by atoms with Gasteiger partial charge in [-0.3, -0.25) is 0 Å². The second-order valence-corrected chi connectivity index (χ2v) is 7.53. The highest BCUT2D eigenvalue weighted by atomic mass is 15.1. The molecular formula is C19H30N2. The molecule has 1 N–H and O–H groups in total. The lowest BCUT2D eigenvalue weighted by molar-refractivity contribution is 0.282. The molecule has 1 aliphatic carbocycles. The monoisotopic (exact) mass is 286 g/mol. The molecule has 1 heterocycles. The summed E-state index contributed by atoms with van der Waals surface area (Å²) < 4.78 is 0. The first-order valence-electron chi connectivity index (χ1n) is 8.72. The van der Waals surface area contributed by atoms with Crippen molar-refractivity contribution < 1.29 is 0 Å². The zero-order chi connectivity index (χ0) is 14.7. The van der Waals surface area contributed by atoms with E-state index in [1.807, 2.05) is 0 Å². The van der Waals surface area contributed by atoms with Crippen molar-refractivity contribution in [2.24, 2.45) is 5.41 Å². The van der Waals surface area contributed by atoms with E-state index in [0.717, 1.165) is 6.54 Å². The lowest BCUT2D eigenvalue weighted by Crippen LogP contribution is -2.37. The van der Waals surface area contributed by atoms with Crippen LogP contribution in [0.2, 0.25) is 0 Å². The molecular weight excluding hydrogens is 256 g/mol. The van der Waals surface area contributed by atoms with Crippen LogP contribution in [-0.2, 0) is 6.54 Å². The molecule has 0 aromatic heterocycles. The van der Waals surface area contributed by atoms with Crippen molar-refractivity contribution in [2.75, 3.05) is 18.0 Å². The molecule has 1 aromatic rings. The van der Waals surface area contributed by atoms with Crippen LogP contribution in [0.4, 0.5) is 5.69 Å². The summed E-state index contributed by atoms with van der Waals surface area (Å²) in [6, 6.07) is 9.90. The lowest BCUT2D eigenvalue weighted by Gasteiger charge is -2.29. The summed E-state index contributed by atoms with van der Waals surface area (Å²) in [5.74, 6) is 0. The number of rotatable bonds is 4. The van der Waals surface area contributed by atoms with Crippen LogP contribution in [0.25, 0.3) is 0 Å². The molecule has 2 heteroatoms. The molecule has 1 atom stereocenters. The molecule has 0 spiro atoms. The molecule has 21 heavy (non-hydrogen) atoms. The lowest BCUT2D eigenvalue weighted by atomic mass is 9.87. The van der Waals surface area contributed by atoms with Gasteiger partial charge in [0, 0.05) is 31.4 Å². The summed E-state index contributed by atoms with van der Waals surface area (Å²) in [6.45, 7) is 8.27. The molecule has 0 amide bonds. The molecule has 116 valence electrons. The Bertz CT molecular complexity index is 443. The van der Waals surface area contributed by atoms with Crippen molar-refractivity contribution in [3.05, 3.63) is 29.8 Å². The largest absolute Gasteiger partial charge is 0.372 e. The van der Waals surface area contributed by atoms with Gasteiger partial charge in [0.05, 0.1) is 0 Å². The average Bonchev–Trinajstić information content (AvgIpc) is 2.85. The molecule has 0 radical (unpaired) electrons. The molecule has 2 aliphatic rings. The number of piperidine rings is 1. The van der Waals surface area contributed by atoms with E-state index in [1.165, 1.54) is 62.9 Å². The topological polar surface area (TPSA) is 15.3 Å². The smallest absolute Gasteiger partial charge is 0.0366 e. The summed E-state index contributed by atoms with van der Waals surface area (Å²) in [6.07, 6.45) is 8.16. The van der Waals surface area contributed by atoms with Crippen molar-refractivity contribution in [3.8, 4) is 0 Å². The van der Waals surface area contributed by atoms with Crippen molar-refractivity contribution in [1.82, 2.24) is 5.32 Å². The van der Waals surface area contributed by atoms with Gasteiger partial charge in [0.2, 0.25) is 0 Å². The summed E-state index contributed by atoms with van der Waals surface area (Å²) in [5.41, 5.74) is 3.28. The van der Waals surface area contributed by atoms with E-state index in [-0.39, 0.29) is 0 Å². The minimum Gasteiger partial charge on any atom is -0.372 e. The van der Waals surface area contributed by atoms with Crippen LogP contribution in [-0.4, -0.2) is 19.1 Å². The highest BCUT2D eigenvalue weighted by Crippen LogP contribution is 2.37. The second-order valence-electron chi connectivity index (χ2n) is 7.53. The Hall–Kier alpha value is -1.02. The van der Waals surface area contributed by atoms with Gasteiger partial charge < -0.3 is 10.2 Å². The normalized spacial score (nSPS) is 25.2. The van der Waals surface area contributed by atoms with Gasteiger partial charge in [0.15, 0.2) is 0 Å². The Morgan fingerprint density at radius 2 is 1.76 bits per heavy atom. The van der Waals surface area contributed by atoms with Crippen LogP contribution in [0.5, 0.6) is 0 Å². The van der Waals surface area contributed by atoms with Gasteiger partial charge in [-0.2, -0.15) is 0 Å². The zero-order valence-corrected chi connectivity index (χ0v) is 13.7. The molecule has 0 bridgehead atoms. The van der Waals surface area contributed by atoms with Gasteiger partial charge in [-0.1, -0.05) is 32.4 Å². The van der Waals surface area contributed by atoms with E-state index in [9.17, 15) is 0 Å². The Kier molecular flexibility index (Phi) is 4.54. The first-order chi connectivity index (χ1) is 10.1. The second kappa shape index (κ2) is 6.39. The third-order valence-corrected chi connectivity index (χ3v) is 5.47. The van der Waals surface area contributed by atoms with Gasteiger partial charge in [-0.15, -0.1) is 0 Å². The van der Waals surface area contributed by atoms with E-state index in [0.29, 0.717) is 11.5 Å². The molecule has 2 nitrogen and oxygen atoms in total. The maximum atomic E-state index is 3.77. The van der Waals surface area contributed by atoms with Gasteiger partial charge in [-0.25, -0.2) is 0 Å². The standard InChI is InChI=1S/C19H30N2/c1-19(2)12-6-7-18(19)20-15-16-8-10-17(11-9-16)21-13-4-3-5-14-21/h8-11,18,20H,3-7,12-15H2,1-2H3. The van der Waals surface area contributed by atoms with Crippen molar-refractivity contribution in [1.29, 1.82) is 0 Å². The molecule has 1 unspecified atom stereocenters. The van der Waals surface area contributed by atoms with E-state index in [4.69, 9.17) is 0 Å². The summed E-state index contributed by atoms with van der Waals surface area (Å²) in [5, 5.41) is 3.77. The third-order valence-electron chi connectivity index (χ3n) is 5.47. The van der Waals surface area contributed by atoms with Crippen LogP contribution in [0.1, 0.15) is 57.9 Å². The number of hydrogen-bond acceptors (Lipinski definition) is 2. The molecule has 1 saturated heterocycles. The van der Waals surface area contributed by atoms with Crippen LogP contribution in [0.3, 0.4) is 0 Å². The van der Waals surface area contributed by atoms with Gasteiger partial charge >= 0.3 is 0 Å². The van der Waals surface area contributed by atoms with Crippen molar-refractivity contribution in [3.63, 3.8) is 0 Å². The van der Waals surface area contributed by atoms with Gasteiger partial charge in [0.25, 0.3) is 0 Å². The van der Waals surface area contributed by atoms with Gasteiger partial charge in [-0.05, 0) is 55.2 Å². The first kappa shape index (κ1) is 14.9. The maximum Gasteiger partial charge on any atom is 0.0366 e. The van der Waals surface area contributed by atoms with Crippen molar-refractivity contribution >= 4 is 5.69 Å². The predicted octanol–water partition coefficient (Wildman–Crippen LogP) is 4.35. The SMILES string of the molecule is CC1(C)CCCC1NCc1ccc(N2CCCCC2)cc1. The Morgan fingerprint density at radius 1 is 1.05 bits per heavy atom. The molecule has 1 saturated carbocycles. The number of anilines is 1. The molecule has 1 aliphatic heterocycles. The van der Waals surface area contributed by atoms with Gasteiger partial charge in [0.1, 0.15) is 0 Å². The Labute approximate surface area is 129 Å². The van der Waals surface area contributed by atoms with E-state index in [1.54, 1.807) is 0 Å². The number of nitrogens with zero attached hydrogens (tertiary/aromatic N) is 1. The maximum absolute atomic E-state index is 3.77. The first-order valence-corrected chi connectivity index (χ1v) is 8.72. The molecule has 2 fully saturated rings. The van der Waals surface area contributed by atoms with Crippen LogP contribution < -0.4 is 10.2 Å². The van der Waals surface area contributed by atoms with Crippen molar-refractivity contribution in [2.45, 2.75) is 65.0 Å².